The molecule has 0 unspecified atom stereocenters. The molecule has 1 fully saturated rings. The van der Waals surface area contributed by atoms with E-state index in [9.17, 15) is 0 Å². The largest absolute Gasteiger partial charge is 0.490 e. The Morgan fingerprint density at radius 3 is 2.52 bits per heavy atom. The van der Waals surface area contributed by atoms with E-state index in [1.807, 2.05) is 55.2 Å². The highest BCUT2D eigenvalue weighted by Gasteiger charge is 2.22. The van der Waals surface area contributed by atoms with Gasteiger partial charge in [-0.3, -0.25) is 4.68 Å². The molecule has 1 aliphatic heterocycles. The summed E-state index contributed by atoms with van der Waals surface area (Å²) in [5, 5.41) is 5.65. The Morgan fingerprint density at radius 1 is 0.970 bits per heavy atom. The molecule has 0 saturated carbocycles. The standard InChI is InChI=1S/C26H29N5O2/c1-4-32-23-15-22-20(14-24(23)33-19-10-12-30(2)13-11-19)26(28-17-27-22)21-16-31(3)29-25(21)18-8-6-5-7-9-18/h5-9,14-17,19H,4,10-13H2,1-3H3. The summed E-state index contributed by atoms with van der Waals surface area (Å²) in [5.41, 5.74) is 4.56. The molecule has 7 heteroatoms. The number of hydrogen-bond acceptors (Lipinski definition) is 6. The normalized spacial score (nSPS) is 15.1. The molecular formula is C26H29N5O2. The predicted molar refractivity (Wildman–Crippen MR) is 129 cm³/mol. The summed E-state index contributed by atoms with van der Waals surface area (Å²) in [7, 11) is 4.08. The Labute approximate surface area is 194 Å². The average molecular weight is 444 g/mol. The van der Waals surface area contributed by atoms with Gasteiger partial charge < -0.3 is 14.4 Å². The molecule has 5 rings (SSSR count). The van der Waals surface area contributed by atoms with Gasteiger partial charge in [-0.1, -0.05) is 30.3 Å². The summed E-state index contributed by atoms with van der Waals surface area (Å²) in [6, 6.07) is 14.2. The monoisotopic (exact) mass is 443 g/mol. The van der Waals surface area contributed by atoms with Crippen molar-refractivity contribution in [1.29, 1.82) is 0 Å². The zero-order valence-electron chi connectivity index (χ0n) is 19.4. The van der Waals surface area contributed by atoms with Crippen molar-refractivity contribution in [3.05, 3.63) is 55.0 Å². The van der Waals surface area contributed by atoms with Gasteiger partial charge in [-0.05, 0) is 32.9 Å². The fraction of sp³-hybridized carbons (Fsp3) is 0.346. The van der Waals surface area contributed by atoms with Crippen molar-refractivity contribution in [2.24, 2.45) is 7.05 Å². The highest BCUT2D eigenvalue weighted by atomic mass is 16.5. The molecule has 1 aliphatic rings. The summed E-state index contributed by atoms with van der Waals surface area (Å²) in [5.74, 6) is 1.48. The van der Waals surface area contributed by atoms with Crippen LogP contribution in [0, 0.1) is 0 Å². The quantitative estimate of drug-likeness (QED) is 0.435. The van der Waals surface area contributed by atoms with E-state index in [1.54, 1.807) is 6.33 Å². The maximum atomic E-state index is 6.48. The number of ether oxygens (including phenoxy) is 2. The number of aryl methyl sites for hydroxylation is 1. The Hall–Kier alpha value is -3.45. The first-order chi connectivity index (χ1) is 16.1. The van der Waals surface area contributed by atoms with Crippen molar-refractivity contribution in [2.75, 3.05) is 26.7 Å². The van der Waals surface area contributed by atoms with E-state index in [4.69, 9.17) is 14.6 Å². The van der Waals surface area contributed by atoms with E-state index in [0.717, 1.165) is 70.8 Å². The van der Waals surface area contributed by atoms with Gasteiger partial charge in [0.1, 0.15) is 18.1 Å². The van der Waals surface area contributed by atoms with Crippen LogP contribution in [0.3, 0.4) is 0 Å². The molecule has 7 nitrogen and oxygen atoms in total. The fourth-order valence-corrected chi connectivity index (χ4v) is 4.39. The summed E-state index contributed by atoms with van der Waals surface area (Å²) in [4.78, 5) is 11.6. The highest BCUT2D eigenvalue weighted by Crippen LogP contribution is 2.39. The Morgan fingerprint density at radius 2 is 1.76 bits per heavy atom. The second-order valence-electron chi connectivity index (χ2n) is 8.52. The average Bonchev–Trinajstić information content (AvgIpc) is 3.22. The second-order valence-corrected chi connectivity index (χ2v) is 8.52. The first-order valence-corrected chi connectivity index (χ1v) is 11.5. The van der Waals surface area contributed by atoms with Crippen LogP contribution in [0.2, 0.25) is 0 Å². The first kappa shape index (κ1) is 21.4. The molecule has 3 heterocycles. The van der Waals surface area contributed by atoms with E-state index in [2.05, 4.69) is 34.0 Å². The van der Waals surface area contributed by atoms with Gasteiger partial charge in [-0.15, -0.1) is 0 Å². The van der Waals surface area contributed by atoms with Gasteiger partial charge in [0.05, 0.1) is 17.8 Å². The van der Waals surface area contributed by atoms with Crippen molar-refractivity contribution >= 4 is 10.9 Å². The lowest BCUT2D eigenvalue weighted by Crippen LogP contribution is -2.35. The van der Waals surface area contributed by atoms with E-state index in [1.165, 1.54) is 0 Å². The molecular weight excluding hydrogens is 414 g/mol. The van der Waals surface area contributed by atoms with Crippen LogP contribution in [0.15, 0.2) is 55.0 Å². The zero-order valence-corrected chi connectivity index (χ0v) is 19.4. The van der Waals surface area contributed by atoms with Crippen LogP contribution >= 0.6 is 0 Å². The Balaban J connectivity index is 1.61. The minimum Gasteiger partial charge on any atom is -0.490 e. The van der Waals surface area contributed by atoms with Crippen molar-refractivity contribution < 1.29 is 9.47 Å². The van der Waals surface area contributed by atoms with Gasteiger partial charge in [0.2, 0.25) is 0 Å². The lowest BCUT2D eigenvalue weighted by atomic mass is 10.0. The third kappa shape index (κ3) is 4.41. The van der Waals surface area contributed by atoms with E-state index in [-0.39, 0.29) is 6.10 Å². The first-order valence-electron chi connectivity index (χ1n) is 11.5. The van der Waals surface area contributed by atoms with Crippen LogP contribution in [0.25, 0.3) is 33.4 Å². The molecule has 2 aromatic heterocycles. The molecule has 0 spiro atoms. The summed E-state index contributed by atoms with van der Waals surface area (Å²) in [6.45, 7) is 4.62. The summed E-state index contributed by atoms with van der Waals surface area (Å²) < 4.78 is 14.2. The maximum Gasteiger partial charge on any atom is 0.163 e. The van der Waals surface area contributed by atoms with Gasteiger partial charge in [0.25, 0.3) is 0 Å². The van der Waals surface area contributed by atoms with E-state index >= 15 is 0 Å². The third-order valence-corrected chi connectivity index (χ3v) is 6.09. The van der Waals surface area contributed by atoms with Crippen molar-refractivity contribution in [2.45, 2.75) is 25.9 Å². The van der Waals surface area contributed by atoms with Crippen molar-refractivity contribution in [3.8, 4) is 34.0 Å². The van der Waals surface area contributed by atoms with Crippen LogP contribution in [-0.4, -0.2) is 57.5 Å². The van der Waals surface area contributed by atoms with Crippen LogP contribution in [0.4, 0.5) is 0 Å². The van der Waals surface area contributed by atoms with Crippen LogP contribution < -0.4 is 9.47 Å². The number of benzene rings is 2. The predicted octanol–water partition coefficient (Wildman–Crippen LogP) is 4.57. The number of aromatic nitrogens is 4. The Bertz CT molecular complexity index is 1250. The fourth-order valence-electron chi connectivity index (χ4n) is 4.39. The molecule has 0 bridgehead atoms. The van der Waals surface area contributed by atoms with Gasteiger partial charge in [-0.2, -0.15) is 5.10 Å². The summed E-state index contributed by atoms with van der Waals surface area (Å²) in [6.07, 6.45) is 5.78. The van der Waals surface area contributed by atoms with E-state index < -0.39 is 0 Å². The molecule has 0 radical (unpaired) electrons. The van der Waals surface area contributed by atoms with Gasteiger partial charge >= 0.3 is 0 Å². The zero-order chi connectivity index (χ0) is 22.8. The maximum absolute atomic E-state index is 6.48. The molecule has 170 valence electrons. The van der Waals surface area contributed by atoms with Crippen LogP contribution in [-0.2, 0) is 7.05 Å². The molecule has 0 atom stereocenters. The molecule has 2 aromatic carbocycles. The lowest BCUT2D eigenvalue weighted by molar-refractivity contribution is 0.110. The topological polar surface area (TPSA) is 65.3 Å². The molecule has 0 N–H and O–H groups in total. The van der Waals surface area contributed by atoms with Gasteiger partial charge in [0, 0.05) is 48.9 Å². The number of fused-ring (bicyclic) bond motifs is 1. The molecule has 0 amide bonds. The van der Waals surface area contributed by atoms with Crippen molar-refractivity contribution in [1.82, 2.24) is 24.6 Å². The SMILES string of the molecule is CCOc1cc2ncnc(-c3cn(C)nc3-c3ccccc3)c2cc1OC1CCN(C)CC1. The van der Waals surface area contributed by atoms with Crippen LogP contribution in [0.5, 0.6) is 11.5 Å². The molecule has 1 saturated heterocycles. The Kier molecular flexibility index (Phi) is 5.96. The molecule has 0 aliphatic carbocycles. The molecule has 4 aromatic rings. The number of likely N-dealkylation sites (tertiary alicyclic amines) is 1. The number of hydrogen-bond donors (Lipinski definition) is 0. The lowest BCUT2D eigenvalue weighted by Gasteiger charge is -2.29. The number of rotatable bonds is 6. The minimum atomic E-state index is 0.171. The second kappa shape index (κ2) is 9.19. The number of nitrogens with zero attached hydrogens (tertiary/aromatic N) is 5. The van der Waals surface area contributed by atoms with Crippen molar-refractivity contribution in [3.63, 3.8) is 0 Å². The smallest absolute Gasteiger partial charge is 0.163 e. The highest BCUT2D eigenvalue weighted by molar-refractivity contribution is 5.97. The van der Waals surface area contributed by atoms with E-state index in [0.29, 0.717) is 6.61 Å². The minimum absolute atomic E-state index is 0.171. The summed E-state index contributed by atoms with van der Waals surface area (Å²) >= 11 is 0. The van der Waals surface area contributed by atoms with Crippen LogP contribution in [0.1, 0.15) is 19.8 Å². The van der Waals surface area contributed by atoms with Gasteiger partial charge in [-0.25, -0.2) is 9.97 Å². The number of piperidine rings is 1. The molecule has 33 heavy (non-hydrogen) atoms. The van der Waals surface area contributed by atoms with Gasteiger partial charge in [0.15, 0.2) is 11.5 Å². The third-order valence-electron chi connectivity index (χ3n) is 6.09.